The zero-order valence-corrected chi connectivity index (χ0v) is 14.6. The summed E-state index contributed by atoms with van der Waals surface area (Å²) in [5.74, 6) is 1.45. The van der Waals surface area contributed by atoms with Gasteiger partial charge in [0.15, 0.2) is 0 Å². The molecule has 0 aromatic rings. The third-order valence-electron chi connectivity index (χ3n) is 4.51. The van der Waals surface area contributed by atoms with Crippen LogP contribution in [0.4, 0.5) is 0 Å². The van der Waals surface area contributed by atoms with Gasteiger partial charge >= 0.3 is 13.3 Å². The van der Waals surface area contributed by atoms with Gasteiger partial charge in [-0.2, -0.15) is 9.59 Å². The van der Waals surface area contributed by atoms with Crippen LogP contribution in [-0.4, -0.2) is 53.9 Å². The summed E-state index contributed by atoms with van der Waals surface area (Å²) < 4.78 is 0. The normalized spacial score (nSPS) is 17.3. The van der Waals surface area contributed by atoms with E-state index in [1.165, 1.54) is 38.9 Å². The van der Waals surface area contributed by atoms with Crippen LogP contribution in [0.1, 0.15) is 52.4 Å². The minimum atomic E-state index is -1.16. The highest BCUT2D eigenvalue weighted by molar-refractivity contribution is 6.40. The number of likely N-dealkylation sites (tertiary alicyclic amines) is 1. The van der Waals surface area contributed by atoms with Crippen molar-refractivity contribution in [1.82, 2.24) is 4.90 Å². The fraction of sp³-hybridized carbons (Fsp3) is 0.938. The molecular formula is C16H33BN2O4. The molecule has 7 heteroatoms. The van der Waals surface area contributed by atoms with Crippen molar-refractivity contribution < 1.29 is 19.6 Å². The number of hydrogen-bond donors (Lipinski definition) is 3. The number of unbranched alkanes of at least 4 members (excludes halogenated alkanes) is 1. The molecule has 0 spiro atoms. The van der Waals surface area contributed by atoms with E-state index in [0.717, 1.165) is 25.2 Å². The standard InChI is InChI=1S/C15H33BN2O2.CO2/c1-13(2)6-10-18-11-7-14(8-12-18)15(17)5-3-4-9-16(19)20;2-1-3/h13-15,19-20H,3-12,17H2,1-2H3;. The van der Waals surface area contributed by atoms with Crippen molar-refractivity contribution >= 4 is 13.3 Å². The number of carbonyl (C=O) groups excluding carboxylic acids is 2. The molecular weight excluding hydrogens is 295 g/mol. The van der Waals surface area contributed by atoms with E-state index < -0.39 is 7.12 Å². The van der Waals surface area contributed by atoms with Crippen LogP contribution >= 0.6 is 0 Å². The Labute approximate surface area is 140 Å². The van der Waals surface area contributed by atoms with Crippen LogP contribution in [0.25, 0.3) is 0 Å². The van der Waals surface area contributed by atoms with Crippen LogP contribution in [0.5, 0.6) is 0 Å². The summed E-state index contributed by atoms with van der Waals surface area (Å²) in [6, 6.07) is 0.290. The third-order valence-corrected chi connectivity index (χ3v) is 4.51. The number of hydrogen-bond acceptors (Lipinski definition) is 6. The lowest BCUT2D eigenvalue weighted by molar-refractivity contribution is -0.191. The van der Waals surface area contributed by atoms with Crippen LogP contribution in [0.3, 0.4) is 0 Å². The highest BCUT2D eigenvalue weighted by Gasteiger charge is 2.23. The molecule has 0 saturated carbocycles. The Morgan fingerprint density at radius 2 is 1.74 bits per heavy atom. The molecule has 6 nitrogen and oxygen atoms in total. The molecule has 1 rings (SSSR count). The molecule has 1 aliphatic rings. The molecule has 1 aliphatic heterocycles. The quantitative estimate of drug-likeness (QED) is 0.433. The Morgan fingerprint density at radius 3 is 2.22 bits per heavy atom. The molecule has 0 aromatic heterocycles. The first kappa shape index (κ1) is 22.3. The molecule has 1 saturated heterocycles. The van der Waals surface area contributed by atoms with Gasteiger partial charge in [0.1, 0.15) is 0 Å². The van der Waals surface area contributed by atoms with E-state index in [2.05, 4.69) is 18.7 Å². The Hall–Kier alpha value is -0.715. The Morgan fingerprint density at radius 1 is 1.17 bits per heavy atom. The van der Waals surface area contributed by atoms with Gasteiger partial charge in [-0.15, -0.1) is 0 Å². The summed E-state index contributed by atoms with van der Waals surface area (Å²) in [5.41, 5.74) is 6.29. The Kier molecular flexibility index (Phi) is 13.3. The highest BCUT2D eigenvalue weighted by atomic mass is 16.4. The van der Waals surface area contributed by atoms with Crippen molar-refractivity contribution in [3.8, 4) is 0 Å². The van der Waals surface area contributed by atoms with Crippen LogP contribution in [0.15, 0.2) is 0 Å². The predicted octanol–water partition coefficient (Wildman–Crippen LogP) is 1.13. The maximum Gasteiger partial charge on any atom is 0.451 e. The number of rotatable bonds is 9. The van der Waals surface area contributed by atoms with E-state index in [1.807, 2.05) is 0 Å². The van der Waals surface area contributed by atoms with Crippen LogP contribution in [-0.2, 0) is 9.59 Å². The van der Waals surface area contributed by atoms with E-state index in [4.69, 9.17) is 25.4 Å². The first-order valence-electron chi connectivity index (χ1n) is 8.74. The van der Waals surface area contributed by atoms with Crippen molar-refractivity contribution in [3.63, 3.8) is 0 Å². The van der Waals surface area contributed by atoms with Gasteiger partial charge in [-0.3, -0.25) is 0 Å². The third kappa shape index (κ3) is 12.4. The molecule has 1 heterocycles. The molecule has 0 amide bonds. The molecule has 4 N–H and O–H groups in total. The maximum absolute atomic E-state index is 8.80. The van der Waals surface area contributed by atoms with Gasteiger partial charge in [0.05, 0.1) is 0 Å². The lowest BCUT2D eigenvalue weighted by Gasteiger charge is -2.35. The summed E-state index contributed by atoms with van der Waals surface area (Å²) in [6.07, 6.45) is 7.35. The monoisotopic (exact) mass is 328 g/mol. The van der Waals surface area contributed by atoms with E-state index in [0.29, 0.717) is 12.2 Å². The first-order chi connectivity index (χ1) is 10.9. The lowest BCUT2D eigenvalue weighted by Crippen LogP contribution is -2.41. The average molecular weight is 328 g/mol. The number of nitrogens with two attached hydrogens (primary N) is 1. The number of piperidine rings is 1. The fourth-order valence-corrected chi connectivity index (χ4v) is 2.99. The second-order valence-electron chi connectivity index (χ2n) is 6.87. The molecule has 134 valence electrons. The average Bonchev–Trinajstić information content (AvgIpc) is 2.50. The summed E-state index contributed by atoms with van der Waals surface area (Å²) in [5, 5.41) is 17.6. The first-order valence-corrected chi connectivity index (χ1v) is 8.74. The summed E-state index contributed by atoms with van der Waals surface area (Å²) >= 11 is 0. The molecule has 1 unspecified atom stereocenters. The van der Waals surface area contributed by atoms with E-state index >= 15 is 0 Å². The summed E-state index contributed by atoms with van der Waals surface area (Å²) in [6.45, 7) is 8.19. The van der Waals surface area contributed by atoms with Crippen LogP contribution in [0, 0.1) is 11.8 Å². The SMILES string of the molecule is CC(C)CCN1CCC(C(N)CCCCB(O)O)CC1.O=C=O. The number of nitrogens with zero attached hydrogens (tertiary/aromatic N) is 1. The van der Waals surface area contributed by atoms with E-state index in [9.17, 15) is 0 Å². The van der Waals surface area contributed by atoms with Gasteiger partial charge in [0, 0.05) is 6.04 Å². The van der Waals surface area contributed by atoms with Crippen molar-refractivity contribution in [3.05, 3.63) is 0 Å². The van der Waals surface area contributed by atoms with Crippen molar-refractivity contribution in [2.75, 3.05) is 19.6 Å². The summed E-state index contributed by atoms with van der Waals surface area (Å²) in [4.78, 5) is 18.8. The van der Waals surface area contributed by atoms with Gasteiger partial charge in [-0.1, -0.05) is 26.7 Å². The summed E-state index contributed by atoms with van der Waals surface area (Å²) in [7, 11) is -1.16. The lowest BCUT2D eigenvalue weighted by atomic mass is 9.82. The molecule has 0 aliphatic carbocycles. The molecule has 0 aromatic carbocycles. The minimum Gasteiger partial charge on any atom is -0.427 e. The highest BCUT2D eigenvalue weighted by Crippen LogP contribution is 2.23. The molecule has 1 atom stereocenters. The largest absolute Gasteiger partial charge is 0.451 e. The smallest absolute Gasteiger partial charge is 0.427 e. The second kappa shape index (κ2) is 13.7. The van der Waals surface area contributed by atoms with Gasteiger partial charge in [0.2, 0.25) is 0 Å². The van der Waals surface area contributed by atoms with E-state index in [-0.39, 0.29) is 12.2 Å². The molecule has 0 bridgehead atoms. The predicted molar refractivity (Wildman–Crippen MR) is 90.5 cm³/mol. The molecule has 1 fully saturated rings. The zero-order valence-electron chi connectivity index (χ0n) is 14.6. The molecule has 0 radical (unpaired) electrons. The van der Waals surface area contributed by atoms with Crippen molar-refractivity contribution in [2.45, 2.75) is 64.7 Å². The maximum atomic E-state index is 8.80. The molecule has 23 heavy (non-hydrogen) atoms. The van der Waals surface area contributed by atoms with E-state index in [1.54, 1.807) is 0 Å². The Bertz CT molecular complexity index is 315. The van der Waals surface area contributed by atoms with Gasteiger partial charge in [-0.05, 0) is 63.5 Å². The van der Waals surface area contributed by atoms with Crippen LogP contribution in [0.2, 0.25) is 6.32 Å². The Balaban J connectivity index is 0.00000149. The van der Waals surface area contributed by atoms with Crippen LogP contribution < -0.4 is 5.73 Å². The van der Waals surface area contributed by atoms with Gasteiger partial charge < -0.3 is 20.7 Å². The second-order valence-corrected chi connectivity index (χ2v) is 6.87. The fourth-order valence-electron chi connectivity index (χ4n) is 2.99. The van der Waals surface area contributed by atoms with Crippen molar-refractivity contribution in [2.24, 2.45) is 17.6 Å². The van der Waals surface area contributed by atoms with Gasteiger partial charge in [-0.25, -0.2) is 0 Å². The minimum absolute atomic E-state index is 0.250. The topological polar surface area (TPSA) is 104 Å². The zero-order chi connectivity index (χ0) is 17.7. The van der Waals surface area contributed by atoms with Crippen molar-refractivity contribution in [1.29, 1.82) is 0 Å². The van der Waals surface area contributed by atoms with Gasteiger partial charge in [0.25, 0.3) is 0 Å².